The van der Waals surface area contributed by atoms with E-state index in [4.69, 9.17) is 9.47 Å². The van der Waals surface area contributed by atoms with E-state index in [-0.39, 0.29) is 18.6 Å². The molecule has 4 nitrogen and oxygen atoms in total. The number of amides is 1. The zero-order chi connectivity index (χ0) is 19.8. The highest BCUT2D eigenvalue weighted by molar-refractivity contribution is 5.78. The number of aryl methyl sites for hydroxylation is 1. The minimum Gasteiger partial charge on any atom is -0.490 e. The van der Waals surface area contributed by atoms with Gasteiger partial charge in [0, 0.05) is 0 Å². The van der Waals surface area contributed by atoms with Gasteiger partial charge in [-0.3, -0.25) is 4.79 Å². The Morgan fingerprint density at radius 3 is 2.04 bits per heavy atom. The Bertz CT molecular complexity index is 891. The number of benzene rings is 3. The fraction of sp³-hybridized carbons (Fsp3) is 0.208. The molecule has 0 saturated heterocycles. The topological polar surface area (TPSA) is 47.6 Å². The van der Waals surface area contributed by atoms with Crippen molar-refractivity contribution in [2.45, 2.75) is 19.9 Å². The second-order valence-electron chi connectivity index (χ2n) is 6.49. The first-order valence-electron chi connectivity index (χ1n) is 9.43. The Morgan fingerprint density at radius 2 is 1.39 bits per heavy atom. The minimum absolute atomic E-state index is 0.0840. The molecule has 0 fully saturated rings. The van der Waals surface area contributed by atoms with Crippen molar-refractivity contribution < 1.29 is 14.3 Å². The molecule has 1 atom stereocenters. The van der Waals surface area contributed by atoms with E-state index in [0.717, 1.165) is 11.1 Å². The maximum atomic E-state index is 12.6. The molecule has 0 spiro atoms. The Balaban J connectivity index is 1.72. The molecule has 4 heteroatoms. The van der Waals surface area contributed by atoms with E-state index in [1.807, 2.05) is 86.6 Å². The van der Waals surface area contributed by atoms with Gasteiger partial charge in [-0.05, 0) is 37.1 Å². The van der Waals surface area contributed by atoms with Crippen molar-refractivity contribution in [2.75, 3.05) is 13.2 Å². The van der Waals surface area contributed by atoms with Crippen LogP contribution in [-0.2, 0) is 4.79 Å². The molecule has 0 heterocycles. The summed E-state index contributed by atoms with van der Waals surface area (Å²) in [6.45, 7) is 4.41. The molecule has 0 aliphatic rings. The third kappa shape index (κ3) is 5.13. The first-order chi connectivity index (χ1) is 13.7. The van der Waals surface area contributed by atoms with Gasteiger partial charge in [-0.15, -0.1) is 0 Å². The molecule has 0 aliphatic carbocycles. The Labute approximate surface area is 166 Å². The zero-order valence-electron chi connectivity index (χ0n) is 16.2. The molecule has 0 aromatic heterocycles. The maximum Gasteiger partial charge on any atom is 0.258 e. The SMILES string of the molecule is CCOc1ccccc1OCC(=O)NC(c1ccccc1)c1ccc(C)cc1. The molecule has 0 aliphatic heterocycles. The lowest BCUT2D eigenvalue weighted by Gasteiger charge is -2.20. The molecule has 1 amide bonds. The number of nitrogens with one attached hydrogen (secondary N) is 1. The number of ether oxygens (including phenoxy) is 2. The third-order valence-corrected chi connectivity index (χ3v) is 4.36. The summed E-state index contributed by atoms with van der Waals surface area (Å²) in [4.78, 5) is 12.6. The molecule has 3 rings (SSSR count). The zero-order valence-corrected chi connectivity index (χ0v) is 16.2. The van der Waals surface area contributed by atoms with Gasteiger partial charge in [0.15, 0.2) is 18.1 Å². The summed E-state index contributed by atoms with van der Waals surface area (Å²) in [7, 11) is 0. The van der Waals surface area contributed by atoms with Crippen LogP contribution in [0.2, 0.25) is 0 Å². The number of carbonyl (C=O) groups excluding carboxylic acids is 1. The van der Waals surface area contributed by atoms with Gasteiger partial charge < -0.3 is 14.8 Å². The van der Waals surface area contributed by atoms with Crippen molar-refractivity contribution in [3.05, 3.63) is 95.6 Å². The van der Waals surface area contributed by atoms with Gasteiger partial charge in [0.2, 0.25) is 0 Å². The van der Waals surface area contributed by atoms with Gasteiger partial charge in [-0.1, -0.05) is 72.3 Å². The highest BCUT2D eigenvalue weighted by Crippen LogP contribution is 2.26. The van der Waals surface area contributed by atoms with Crippen LogP contribution in [-0.4, -0.2) is 19.1 Å². The van der Waals surface area contributed by atoms with Gasteiger partial charge >= 0.3 is 0 Å². The molecule has 3 aromatic rings. The lowest BCUT2D eigenvalue weighted by molar-refractivity contribution is -0.123. The van der Waals surface area contributed by atoms with E-state index in [2.05, 4.69) is 5.32 Å². The maximum absolute atomic E-state index is 12.6. The van der Waals surface area contributed by atoms with Gasteiger partial charge in [-0.2, -0.15) is 0 Å². The van der Waals surface area contributed by atoms with E-state index >= 15 is 0 Å². The van der Waals surface area contributed by atoms with Crippen molar-refractivity contribution >= 4 is 5.91 Å². The number of hydrogen-bond acceptors (Lipinski definition) is 3. The monoisotopic (exact) mass is 375 g/mol. The highest BCUT2D eigenvalue weighted by atomic mass is 16.5. The molecule has 0 saturated carbocycles. The first kappa shape index (κ1) is 19.5. The number of hydrogen-bond donors (Lipinski definition) is 1. The Hall–Kier alpha value is -3.27. The molecule has 1 N–H and O–H groups in total. The highest BCUT2D eigenvalue weighted by Gasteiger charge is 2.17. The van der Waals surface area contributed by atoms with Gasteiger partial charge in [0.05, 0.1) is 12.6 Å². The van der Waals surface area contributed by atoms with E-state index in [9.17, 15) is 4.79 Å². The van der Waals surface area contributed by atoms with Crippen molar-refractivity contribution in [1.29, 1.82) is 0 Å². The van der Waals surface area contributed by atoms with Gasteiger partial charge in [0.25, 0.3) is 5.91 Å². The van der Waals surface area contributed by atoms with E-state index in [1.165, 1.54) is 5.56 Å². The third-order valence-electron chi connectivity index (χ3n) is 4.36. The summed E-state index contributed by atoms with van der Waals surface area (Å²) in [6.07, 6.45) is 0. The van der Waals surface area contributed by atoms with Gasteiger partial charge in [0.1, 0.15) is 0 Å². The normalized spacial score (nSPS) is 11.5. The summed E-state index contributed by atoms with van der Waals surface area (Å²) in [6, 6.07) is 25.2. The van der Waals surface area contributed by atoms with E-state index in [0.29, 0.717) is 18.1 Å². The quantitative estimate of drug-likeness (QED) is 0.622. The largest absolute Gasteiger partial charge is 0.490 e. The lowest BCUT2D eigenvalue weighted by Crippen LogP contribution is -2.33. The average molecular weight is 375 g/mol. The van der Waals surface area contributed by atoms with E-state index < -0.39 is 0 Å². The molecule has 144 valence electrons. The lowest BCUT2D eigenvalue weighted by atomic mass is 9.98. The first-order valence-corrected chi connectivity index (χ1v) is 9.43. The van der Waals surface area contributed by atoms with Crippen molar-refractivity contribution in [3.8, 4) is 11.5 Å². The average Bonchev–Trinajstić information content (AvgIpc) is 2.73. The fourth-order valence-corrected chi connectivity index (χ4v) is 2.95. The van der Waals surface area contributed by atoms with Crippen LogP contribution in [0.1, 0.15) is 29.7 Å². The number of carbonyl (C=O) groups is 1. The second kappa shape index (κ2) is 9.60. The van der Waals surface area contributed by atoms with Crippen LogP contribution in [0.25, 0.3) is 0 Å². The summed E-state index contributed by atoms with van der Waals surface area (Å²) in [5.41, 5.74) is 3.23. The number of rotatable bonds is 8. The van der Waals surface area contributed by atoms with Crippen LogP contribution in [0.15, 0.2) is 78.9 Å². The number of para-hydroxylation sites is 2. The molecular weight excluding hydrogens is 350 g/mol. The summed E-state index contributed by atoms with van der Waals surface area (Å²) >= 11 is 0. The smallest absolute Gasteiger partial charge is 0.258 e. The van der Waals surface area contributed by atoms with Crippen LogP contribution in [0.5, 0.6) is 11.5 Å². The van der Waals surface area contributed by atoms with E-state index in [1.54, 1.807) is 6.07 Å². The minimum atomic E-state index is -0.236. The van der Waals surface area contributed by atoms with Crippen LogP contribution in [0.3, 0.4) is 0 Å². The standard InChI is InChI=1S/C24H25NO3/c1-3-27-21-11-7-8-12-22(21)28-17-23(26)25-24(19-9-5-4-6-10-19)20-15-13-18(2)14-16-20/h4-16,24H,3,17H2,1-2H3,(H,25,26). The fourth-order valence-electron chi connectivity index (χ4n) is 2.95. The Morgan fingerprint density at radius 1 is 0.821 bits per heavy atom. The summed E-state index contributed by atoms with van der Waals surface area (Å²) < 4.78 is 11.2. The summed E-state index contributed by atoms with van der Waals surface area (Å²) in [5.74, 6) is 1.00. The molecular formula is C24H25NO3. The van der Waals surface area contributed by atoms with Crippen LogP contribution in [0.4, 0.5) is 0 Å². The van der Waals surface area contributed by atoms with Crippen LogP contribution in [0, 0.1) is 6.92 Å². The predicted octanol–water partition coefficient (Wildman–Crippen LogP) is 4.68. The Kier molecular flexibility index (Phi) is 6.68. The van der Waals surface area contributed by atoms with Crippen LogP contribution >= 0.6 is 0 Å². The molecule has 3 aromatic carbocycles. The second-order valence-corrected chi connectivity index (χ2v) is 6.49. The molecule has 1 unspecified atom stereocenters. The molecule has 0 radical (unpaired) electrons. The van der Waals surface area contributed by atoms with Crippen molar-refractivity contribution in [3.63, 3.8) is 0 Å². The van der Waals surface area contributed by atoms with Crippen LogP contribution < -0.4 is 14.8 Å². The molecule has 0 bridgehead atoms. The summed E-state index contributed by atoms with van der Waals surface area (Å²) in [5, 5.41) is 3.09. The van der Waals surface area contributed by atoms with Gasteiger partial charge in [-0.25, -0.2) is 0 Å². The van der Waals surface area contributed by atoms with Crippen molar-refractivity contribution in [1.82, 2.24) is 5.32 Å². The predicted molar refractivity (Wildman–Crippen MR) is 111 cm³/mol. The van der Waals surface area contributed by atoms with Crippen molar-refractivity contribution in [2.24, 2.45) is 0 Å². The molecule has 28 heavy (non-hydrogen) atoms.